The van der Waals surface area contributed by atoms with Crippen LogP contribution in [0.1, 0.15) is 5.82 Å². The van der Waals surface area contributed by atoms with E-state index < -0.39 is 0 Å². The molecule has 0 fully saturated rings. The van der Waals surface area contributed by atoms with E-state index in [4.69, 9.17) is 4.74 Å². The third-order valence-electron chi connectivity index (χ3n) is 1.88. The van der Waals surface area contributed by atoms with Crippen molar-refractivity contribution < 1.29 is 4.74 Å². The van der Waals surface area contributed by atoms with Crippen molar-refractivity contribution in [3.63, 3.8) is 0 Å². The molecule has 16 heavy (non-hydrogen) atoms. The molecule has 0 unspecified atom stereocenters. The molecule has 0 aromatic carbocycles. The maximum absolute atomic E-state index is 4.97. The number of methoxy groups -OCH3 is 1. The molecule has 0 saturated carbocycles. The lowest BCUT2D eigenvalue weighted by Gasteiger charge is -1.95. The second kappa shape index (κ2) is 7.22. The van der Waals surface area contributed by atoms with E-state index in [1.807, 2.05) is 12.1 Å². The molecule has 0 aliphatic heterocycles. The van der Waals surface area contributed by atoms with Crippen molar-refractivity contribution >= 4 is 24.8 Å². The van der Waals surface area contributed by atoms with Gasteiger partial charge in [0.2, 0.25) is 0 Å². The van der Waals surface area contributed by atoms with Crippen molar-refractivity contribution in [2.45, 2.75) is 6.61 Å². The minimum absolute atomic E-state index is 0. The predicted octanol–water partition coefficient (Wildman–Crippen LogP) is 2.46. The average Bonchev–Trinajstić information content (AvgIpc) is 2.68. The summed E-state index contributed by atoms with van der Waals surface area (Å²) in [5.74, 6) is 0.825. The predicted molar refractivity (Wildman–Crippen MR) is 67.0 cm³/mol. The molecule has 2 aromatic rings. The van der Waals surface area contributed by atoms with Gasteiger partial charge in [-0.1, -0.05) is 0 Å². The highest BCUT2D eigenvalue weighted by Gasteiger charge is 2.01. The van der Waals surface area contributed by atoms with Crippen LogP contribution in [-0.2, 0) is 11.3 Å². The molecule has 88 valence electrons. The van der Waals surface area contributed by atoms with Crippen LogP contribution in [0, 0.1) is 0 Å². The second-order valence-electron chi connectivity index (χ2n) is 2.92. The number of H-pyrrole nitrogens is 1. The summed E-state index contributed by atoms with van der Waals surface area (Å²) in [5, 5.41) is 0. The largest absolute Gasteiger partial charge is 0.377 e. The van der Waals surface area contributed by atoms with Gasteiger partial charge in [-0.25, -0.2) is 4.98 Å². The lowest BCUT2D eigenvalue weighted by Crippen LogP contribution is -1.89. The lowest BCUT2D eigenvalue weighted by molar-refractivity contribution is 0.178. The van der Waals surface area contributed by atoms with Gasteiger partial charge >= 0.3 is 0 Å². The Kier molecular flexibility index (Phi) is 6.72. The van der Waals surface area contributed by atoms with Crippen LogP contribution in [0.5, 0.6) is 0 Å². The van der Waals surface area contributed by atoms with Crippen molar-refractivity contribution in [2.75, 3.05) is 7.11 Å². The molecule has 0 saturated heterocycles. The first-order valence-electron chi connectivity index (χ1n) is 4.33. The molecule has 2 aromatic heterocycles. The molecule has 0 amide bonds. The Balaban J connectivity index is 0.00000112. The number of pyridine rings is 1. The van der Waals surface area contributed by atoms with Crippen molar-refractivity contribution in [1.82, 2.24) is 15.0 Å². The molecular weight excluding hydrogens is 249 g/mol. The summed E-state index contributed by atoms with van der Waals surface area (Å²) >= 11 is 0. The van der Waals surface area contributed by atoms with Gasteiger partial charge in [-0.2, -0.15) is 0 Å². The van der Waals surface area contributed by atoms with E-state index >= 15 is 0 Å². The van der Waals surface area contributed by atoms with Gasteiger partial charge in [0.25, 0.3) is 0 Å². The summed E-state index contributed by atoms with van der Waals surface area (Å²) in [6, 6.07) is 3.88. The van der Waals surface area contributed by atoms with E-state index in [0.29, 0.717) is 6.61 Å². The van der Waals surface area contributed by atoms with Gasteiger partial charge in [0.1, 0.15) is 12.4 Å². The zero-order chi connectivity index (χ0) is 9.80. The number of halogens is 2. The molecule has 4 nitrogen and oxygen atoms in total. The fourth-order valence-corrected chi connectivity index (χ4v) is 1.24. The molecule has 6 heteroatoms. The van der Waals surface area contributed by atoms with Crippen molar-refractivity contribution in [2.24, 2.45) is 0 Å². The summed E-state index contributed by atoms with van der Waals surface area (Å²) in [5.41, 5.74) is 1.99. The highest BCUT2D eigenvalue weighted by molar-refractivity contribution is 5.85. The van der Waals surface area contributed by atoms with Crippen LogP contribution in [-0.4, -0.2) is 22.1 Å². The minimum atomic E-state index is 0. The third-order valence-corrected chi connectivity index (χ3v) is 1.88. The van der Waals surface area contributed by atoms with Gasteiger partial charge in [-0.3, -0.25) is 4.98 Å². The average molecular weight is 262 g/mol. The molecule has 0 radical (unpaired) electrons. The first-order valence-corrected chi connectivity index (χ1v) is 4.33. The van der Waals surface area contributed by atoms with Gasteiger partial charge < -0.3 is 9.72 Å². The topological polar surface area (TPSA) is 50.8 Å². The van der Waals surface area contributed by atoms with Crippen LogP contribution in [0.15, 0.2) is 30.7 Å². The first-order chi connectivity index (χ1) is 6.90. The smallest absolute Gasteiger partial charge is 0.132 e. The van der Waals surface area contributed by atoms with Crippen molar-refractivity contribution in [3.8, 4) is 11.3 Å². The Hall–Kier alpha value is -1.10. The lowest BCUT2D eigenvalue weighted by atomic mass is 10.2. The SMILES string of the molecule is COCc1ncc(-c2cccnc2)[nH]1.Cl.Cl. The summed E-state index contributed by atoms with van der Waals surface area (Å²) in [6.45, 7) is 0.500. The van der Waals surface area contributed by atoms with Gasteiger partial charge in [-0.15, -0.1) is 24.8 Å². The van der Waals surface area contributed by atoms with Crippen LogP contribution < -0.4 is 0 Å². The standard InChI is InChI=1S/C10H11N3O.2ClH/c1-14-7-10-12-6-9(13-10)8-3-2-4-11-5-8;;/h2-6H,7H2,1H3,(H,12,13);2*1H. The maximum Gasteiger partial charge on any atom is 0.132 e. The molecule has 0 bridgehead atoms. The first kappa shape index (κ1) is 14.9. The van der Waals surface area contributed by atoms with Crippen LogP contribution in [0.3, 0.4) is 0 Å². The molecule has 0 aliphatic carbocycles. The van der Waals surface area contributed by atoms with Gasteiger partial charge in [0.15, 0.2) is 0 Å². The number of nitrogens with zero attached hydrogens (tertiary/aromatic N) is 2. The molecule has 1 N–H and O–H groups in total. The Morgan fingerprint density at radius 3 is 2.75 bits per heavy atom. The molecular formula is C10H13Cl2N3O. The number of aromatic amines is 1. The number of rotatable bonds is 3. The fraction of sp³-hybridized carbons (Fsp3) is 0.200. The van der Waals surface area contributed by atoms with Crippen molar-refractivity contribution in [3.05, 3.63) is 36.5 Å². The van der Waals surface area contributed by atoms with E-state index in [1.54, 1.807) is 25.7 Å². The number of ether oxygens (including phenoxy) is 1. The van der Waals surface area contributed by atoms with Crippen LogP contribution in [0.2, 0.25) is 0 Å². The molecule has 0 atom stereocenters. The maximum atomic E-state index is 4.97. The summed E-state index contributed by atoms with van der Waals surface area (Å²) in [7, 11) is 1.65. The Bertz CT molecular complexity index is 405. The molecule has 0 spiro atoms. The van der Waals surface area contributed by atoms with Gasteiger partial charge in [0.05, 0.1) is 11.9 Å². The summed E-state index contributed by atoms with van der Waals surface area (Å²) in [6.07, 6.45) is 5.32. The third kappa shape index (κ3) is 3.48. The summed E-state index contributed by atoms with van der Waals surface area (Å²) < 4.78 is 4.97. The number of hydrogen-bond acceptors (Lipinski definition) is 3. The van der Waals surface area contributed by atoms with E-state index in [2.05, 4.69) is 15.0 Å². The van der Waals surface area contributed by atoms with E-state index in [9.17, 15) is 0 Å². The van der Waals surface area contributed by atoms with Gasteiger partial charge in [-0.05, 0) is 12.1 Å². The molecule has 0 aliphatic rings. The number of hydrogen-bond donors (Lipinski definition) is 1. The summed E-state index contributed by atoms with van der Waals surface area (Å²) in [4.78, 5) is 11.4. The highest BCUT2D eigenvalue weighted by Crippen LogP contribution is 2.14. The van der Waals surface area contributed by atoms with E-state index in [1.165, 1.54) is 0 Å². The van der Waals surface area contributed by atoms with Crippen LogP contribution in [0.4, 0.5) is 0 Å². The fourth-order valence-electron chi connectivity index (χ4n) is 1.24. The number of aromatic nitrogens is 3. The highest BCUT2D eigenvalue weighted by atomic mass is 35.5. The molecule has 2 heterocycles. The van der Waals surface area contributed by atoms with Crippen molar-refractivity contribution in [1.29, 1.82) is 0 Å². The number of nitrogens with one attached hydrogen (secondary N) is 1. The van der Waals surface area contributed by atoms with E-state index in [0.717, 1.165) is 17.1 Å². The Morgan fingerprint density at radius 1 is 1.31 bits per heavy atom. The zero-order valence-electron chi connectivity index (χ0n) is 8.71. The van der Waals surface area contributed by atoms with E-state index in [-0.39, 0.29) is 24.8 Å². The van der Waals surface area contributed by atoms with Crippen LogP contribution in [0.25, 0.3) is 11.3 Å². The normalized spacial score (nSPS) is 9.06. The number of imidazole rings is 1. The monoisotopic (exact) mass is 261 g/mol. The zero-order valence-corrected chi connectivity index (χ0v) is 10.3. The minimum Gasteiger partial charge on any atom is -0.377 e. The Labute approximate surface area is 106 Å². The van der Waals surface area contributed by atoms with Crippen LogP contribution >= 0.6 is 24.8 Å². The van der Waals surface area contributed by atoms with Gasteiger partial charge in [0, 0.05) is 25.1 Å². The quantitative estimate of drug-likeness (QED) is 0.924. The molecule has 2 rings (SSSR count). The second-order valence-corrected chi connectivity index (χ2v) is 2.92. The Morgan fingerprint density at radius 2 is 2.12 bits per heavy atom.